The Kier molecular flexibility index (Phi) is 4.99. The maximum Gasteiger partial charge on any atom is 0.256 e. The Morgan fingerprint density at radius 2 is 1.89 bits per heavy atom. The first kappa shape index (κ1) is 17.8. The van der Waals surface area contributed by atoms with E-state index in [1.807, 2.05) is 54.3 Å². The second kappa shape index (κ2) is 7.57. The number of aromatic nitrogens is 1. The van der Waals surface area contributed by atoms with E-state index in [1.54, 1.807) is 6.20 Å². The van der Waals surface area contributed by atoms with Crippen molar-refractivity contribution in [1.29, 1.82) is 0 Å². The molecule has 1 amide bonds. The fourth-order valence-corrected chi connectivity index (χ4v) is 3.91. The molecule has 2 heterocycles. The van der Waals surface area contributed by atoms with Crippen LogP contribution >= 0.6 is 11.6 Å². The van der Waals surface area contributed by atoms with Gasteiger partial charge in [-0.15, -0.1) is 0 Å². The number of benzene rings is 2. The normalized spacial score (nSPS) is 14.4. The molecule has 4 rings (SSSR count). The smallest absolute Gasteiger partial charge is 0.256 e. The summed E-state index contributed by atoms with van der Waals surface area (Å²) in [4.78, 5) is 19.7. The van der Waals surface area contributed by atoms with Crippen LogP contribution in [-0.4, -0.2) is 28.9 Å². The number of carbonyl (C=O) groups is 1. The highest BCUT2D eigenvalue weighted by molar-refractivity contribution is 6.30. The van der Waals surface area contributed by atoms with Crippen LogP contribution in [0.4, 0.5) is 11.5 Å². The molecule has 27 heavy (non-hydrogen) atoms. The molecule has 2 aromatic carbocycles. The van der Waals surface area contributed by atoms with Crippen molar-refractivity contribution in [2.75, 3.05) is 18.4 Å². The summed E-state index contributed by atoms with van der Waals surface area (Å²) in [5.41, 5.74) is 2.62. The molecule has 5 heteroatoms. The number of fused-ring (bicyclic) bond motifs is 1. The van der Waals surface area contributed by atoms with Gasteiger partial charge >= 0.3 is 0 Å². The van der Waals surface area contributed by atoms with E-state index in [4.69, 9.17) is 11.6 Å². The zero-order valence-corrected chi connectivity index (χ0v) is 16.1. The number of amides is 1. The van der Waals surface area contributed by atoms with Gasteiger partial charge in [-0.2, -0.15) is 0 Å². The summed E-state index contributed by atoms with van der Waals surface area (Å²) in [6, 6.07) is 13.6. The van der Waals surface area contributed by atoms with Crippen LogP contribution in [0.3, 0.4) is 0 Å². The van der Waals surface area contributed by atoms with Crippen LogP contribution in [0.2, 0.25) is 5.02 Å². The Morgan fingerprint density at radius 3 is 2.67 bits per heavy atom. The quantitative estimate of drug-likeness (QED) is 0.647. The number of likely N-dealkylation sites (tertiary alicyclic amines) is 1. The lowest BCUT2D eigenvalue weighted by Crippen LogP contribution is -2.35. The maximum absolute atomic E-state index is 13.1. The van der Waals surface area contributed by atoms with Crippen molar-refractivity contribution < 1.29 is 4.79 Å². The minimum Gasteiger partial charge on any atom is -0.340 e. The van der Waals surface area contributed by atoms with Gasteiger partial charge in [0.05, 0.1) is 5.56 Å². The van der Waals surface area contributed by atoms with E-state index >= 15 is 0 Å². The zero-order chi connectivity index (χ0) is 18.8. The average Bonchev–Trinajstić information content (AvgIpc) is 2.69. The number of carbonyl (C=O) groups excluding carboxylic acids is 1. The number of rotatable bonds is 3. The molecule has 0 bridgehead atoms. The predicted molar refractivity (Wildman–Crippen MR) is 111 cm³/mol. The summed E-state index contributed by atoms with van der Waals surface area (Å²) in [6.07, 6.45) is 5.05. The molecule has 0 atom stereocenters. The van der Waals surface area contributed by atoms with Crippen LogP contribution in [0.25, 0.3) is 10.8 Å². The number of anilines is 2. The molecule has 1 saturated heterocycles. The first-order valence-corrected chi connectivity index (χ1v) is 9.71. The molecule has 1 aliphatic heterocycles. The minimum absolute atomic E-state index is 0.0794. The van der Waals surface area contributed by atoms with Gasteiger partial charge in [-0.25, -0.2) is 4.98 Å². The van der Waals surface area contributed by atoms with E-state index in [1.165, 1.54) is 6.42 Å². The fraction of sp³-hybridized carbons (Fsp3) is 0.273. The molecular formula is C22H22ClN3O. The minimum atomic E-state index is 0.0794. The lowest BCUT2D eigenvalue weighted by atomic mass is 10.00. The summed E-state index contributed by atoms with van der Waals surface area (Å²) in [6.45, 7) is 3.70. The van der Waals surface area contributed by atoms with Gasteiger partial charge in [0.1, 0.15) is 5.82 Å². The van der Waals surface area contributed by atoms with Gasteiger partial charge in [0.25, 0.3) is 5.91 Å². The van der Waals surface area contributed by atoms with Crippen LogP contribution in [0.1, 0.15) is 35.2 Å². The number of nitrogens with zero attached hydrogens (tertiary/aromatic N) is 2. The Morgan fingerprint density at radius 1 is 1.11 bits per heavy atom. The highest BCUT2D eigenvalue weighted by atomic mass is 35.5. The molecule has 0 unspecified atom stereocenters. The molecule has 1 aliphatic rings. The van der Waals surface area contributed by atoms with Crippen molar-refractivity contribution in [2.45, 2.75) is 26.2 Å². The lowest BCUT2D eigenvalue weighted by Gasteiger charge is -2.27. The molecule has 1 aromatic heterocycles. The molecule has 0 spiro atoms. The van der Waals surface area contributed by atoms with E-state index < -0.39 is 0 Å². The third-order valence-corrected chi connectivity index (χ3v) is 5.32. The summed E-state index contributed by atoms with van der Waals surface area (Å²) in [7, 11) is 0. The monoisotopic (exact) mass is 379 g/mol. The van der Waals surface area contributed by atoms with Crippen LogP contribution in [-0.2, 0) is 0 Å². The van der Waals surface area contributed by atoms with Crippen molar-refractivity contribution in [1.82, 2.24) is 9.88 Å². The van der Waals surface area contributed by atoms with Gasteiger partial charge < -0.3 is 10.2 Å². The molecule has 0 radical (unpaired) electrons. The van der Waals surface area contributed by atoms with Gasteiger partial charge in [-0.3, -0.25) is 4.79 Å². The summed E-state index contributed by atoms with van der Waals surface area (Å²) in [5.74, 6) is 0.807. The van der Waals surface area contributed by atoms with Gasteiger partial charge in [0, 0.05) is 40.8 Å². The van der Waals surface area contributed by atoms with Crippen LogP contribution < -0.4 is 5.32 Å². The number of piperidine rings is 1. The largest absolute Gasteiger partial charge is 0.340 e. The van der Waals surface area contributed by atoms with Crippen LogP contribution in [0.5, 0.6) is 0 Å². The van der Waals surface area contributed by atoms with Crippen molar-refractivity contribution in [3.8, 4) is 0 Å². The van der Waals surface area contributed by atoms with E-state index in [0.717, 1.165) is 53.8 Å². The number of pyridine rings is 1. The lowest BCUT2D eigenvalue weighted by molar-refractivity contribution is 0.0726. The van der Waals surface area contributed by atoms with Crippen LogP contribution in [0.15, 0.2) is 48.7 Å². The van der Waals surface area contributed by atoms with E-state index in [-0.39, 0.29) is 5.91 Å². The predicted octanol–water partition coefficient (Wildman–Crippen LogP) is 5.57. The fourth-order valence-electron chi connectivity index (χ4n) is 3.72. The second-order valence-electron chi connectivity index (χ2n) is 7.01. The SMILES string of the molecule is Cc1cccc2c(Nc3cccc(Cl)c3)ncc(C(=O)N3CCCCC3)c12. The maximum atomic E-state index is 13.1. The first-order valence-electron chi connectivity index (χ1n) is 9.34. The Balaban J connectivity index is 1.77. The summed E-state index contributed by atoms with van der Waals surface area (Å²) in [5, 5.41) is 5.91. The van der Waals surface area contributed by atoms with Crippen molar-refractivity contribution in [3.05, 3.63) is 64.8 Å². The van der Waals surface area contributed by atoms with E-state index in [2.05, 4.69) is 10.3 Å². The standard InChI is InChI=1S/C22H22ClN3O/c1-15-7-5-10-18-20(15)19(22(27)26-11-3-2-4-12-26)14-24-21(18)25-17-9-6-8-16(23)13-17/h5-10,13-14H,2-4,11-12H2,1H3,(H,24,25). The number of nitrogens with one attached hydrogen (secondary N) is 1. The first-order chi connectivity index (χ1) is 13.1. The molecule has 138 valence electrons. The summed E-state index contributed by atoms with van der Waals surface area (Å²) >= 11 is 6.10. The van der Waals surface area contributed by atoms with Crippen molar-refractivity contribution >= 4 is 39.8 Å². The third-order valence-electron chi connectivity index (χ3n) is 5.08. The molecule has 0 saturated carbocycles. The number of hydrogen-bond donors (Lipinski definition) is 1. The van der Waals surface area contributed by atoms with Gasteiger partial charge in [0.2, 0.25) is 0 Å². The number of hydrogen-bond acceptors (Lipinski definition) is 3. The van der Waals surface area contributed by atoms with E-state index in [9.17, 15) is 4.79 Å². The van der Waals surface area contributed by atoms with Crippen molar-refractivity contribution in [3.63, 3.8) is 0 Å². The Labute approximate surface area is 164 Å². The molecule has 3 aromatic rings. The third kappa shape index (κ3) is 3.62. The summed E-state index contributed by atoms with van der Waals surface area (Å²) < 4.78 is 0. The van der Waals surface area contributed by atoms with Gasteiger partial charge in [0.15, 0.2) is 0 Å². The topological polar surface area (TPSA) is 45.2 Å². The average molecular weight is 380 g/mol. The van der Waals surface area contributed by atoms with Crippen molar-refractivity contribution in [2.24, 2.45) is 0 Å². The van der Waals surface area contributed by atoms with Gasteiger partial charge in [-0.05, 0) is 49.9 Å². The highest BCUT2D eigenvalue weighted by Gasteiger charge is 2.22. The van der Waals surface area contributed by atoms with Gasteiger partial charge in [-0.1, -0.05) is 35.9 Å². The highest BCUT2D eigenvalue weighted by Crippen LogP contribution is 2.31. The molecule has 1 N–H and O–H groups in total. The second-order valence-corrected chi connectivity index (χ2v) is 7.44. The molecular weight excluding hydrogens is 358 g/mol. The zero-order valence-electron chi connectivity index (χ0n) is 15.3. The van der Waals surface area contributed by atoms with Crippen LogP contribution in [0, 0.1) is 6.92 Å². The number of aryl methyl sites for hydroxylation is 1. The Bertz CT molecular complexity index is 996. The Hall–Kier alpha value is -2.59. The molecule has 1 fully saturated rings. The molecule has 4 nitrogen and oxygen atoms in total. The van der Waals surface area contributed by atoms with E-state index in [0.29, 0.717) is 10.6 Å². The number of halogens is 1. The molecule has 0 aliphatic carbocycles.